The van der Waals surface area contributed by atoms with Gasteiger partial charge in [0.1, 0.15) is 0 Å². The molecule has 1 aliphatic heterocycles. The maximum absolute atomic E-state index is 5.89. The Morgan fingerprint density at radius 2 is 2.04 bits per heavy atom. The van der Waals surface area contributed by atoms with E-state index in [1.165, 1.54) is 16.8 Å². The van der Waals surface area contributed by atoms with Crippen LogP contribution in [0.15, 0.2) is 24.4 Å². The highest BCUT2D eigenvalue weighted by Crippen LogP contribution is 2.28. The van der Waals surface area contributed by atoms with Gasteiger partial charge in [0.2, 0.25) is 0 Å². The molecule has 1 aromatic carbocycles. The lowest BCUT2D eigenvalue weighted by Gasteiger charge is -2.25. The van der Waals surface area contributed by atoms with E-state index in [0.717, 1.165) is 57.1 Å². The number of ether oxygens (including phenoxy) is 3. The summed E-state index contributed by atoms with van der Waals surface area (Å²) >= 11 is 0. The quantitative estimate of drug-likeness (QED) is 0.674. The molecule has 27 heavy (non-hydrogen) atoms. The number of aromatic nitrogens is 2. The van der Waals surface area contributed by atoms with Crippen LogP contribution in [-0.4, -0.2) is 48.2 Å². The summed E-state index contributed by atoms with van der Waals surface area (Å²) in [5.41, 5.74) is 3.71. The van der Waals surface area contributed by atoms with Crippen molar-refractivity contribution < 1.29 is 14.2 Å². The molecule has 2 aromatic rings. The third-order valence-corrected chi connectivity index (χ3v) is 5.24. The molecule has 148 valence electrons. The molecule has 6 nitrogen and oxygen atoms in total. The molecule has 0 unspecified atom stereocenters. The van der Waals surface area contributed by atoms with Crippen LogP contribution in [0.2, 0.25) is 0 Å². The fraction of sp³-hybridized carbons (Fsp3) is 0.571. The van der Waals surface area contributed by atoms with Gasteiger partial charge in [-0.1, -0.05) is 6.07 Å². The van der Waals surface area contributed by atoms with Gasteiger partial charge in [0, 0.05) is 44.0 Å². The molecule has 0 radical (unpaired) electrons. The normalized spacial score (nSPS) is 16.9. The van der Waals surface area contributed by atoms with Crippen LogP contribution in [-0.2, 0) is 24.4 Å². The van der Waals surface area contributed by atoms with E-state index in [1.54, 1.807) is 14.2 Å². The number of rotatable bonds is 9. The predicted molar refractivity (Wildman–Crippen MR) is 105 cm³/mol. The van der Waals surface area contributed by atoms with Gasteiger partial charge in [-0.2, -0.15) is 5.10 Å². The lowest BCUT2D eigenvalue weighted by atomic mass is 10.1. The summed E-state index contributed by atoms with van der Waals surface area (Å²) in [6.07, 6.45) is 4.60. The second kappa shape index (κ2) is 9.24. The molecule has 0 amide bonds. The van der Waals surface area contributed by atoms with Gasteiger partial charge in [0.25, 0.3) is 0 Å². The standard InChI is InChI=1S/C21H31N3O3/c1-5-24-16(2)18(12-22-24)14-23(15-19-7-6-10-27-19)13-17-8-9-20(25-3)21(11-17)26-4/h8-9,11-12,19H,5-7,10,13-15H2,1-4H3/t19-/m0/s1. The van der Waals surface area contributed by atoms with E-state index in [2.05, 4.69) is 40.7 Å². The smallest absolute Gasteiger partial charge is 0.161 e. The average molecular weight is 373 g/mol. The van der Waals surface area contributed by atoms with Crippen LogP contribution in [0.25, 0.3) is 0 Å². The minimum Gasteiger partial charge on any atom is -0.493 e. The van der Waals surface area contributed by atoms with E-state index in [4.69, 9.17) is 14.2 Å². The van der Waals surface area contributed by atoms with E-state index in [-0.39, 0.29) is 0 Å². The van der Waals surface area contributed by atoms with Gasteiger partial charge in [0.15, 0.2) is 11.5 Å². The van der Waals surface area contributed by atoms with Gasteiger partial charge >= 0.3 is 0 Å². The van der Waals surface area contributed by atoms with Crippen molar-refractivity contribution in [1.29, 1.82) is 0 Å². The highest BCUT2D eigenvalue weighted by atomic mass is 16.5. The molecule has 1 saturated heterocycles. The van der Waals surface area contributed by atoms with Crippen molar-refractivity contribution in [3.05, 3.63) is 41.2 Å². The van der Waals surface area contributed by atoms with Crippen LogP contribution in [0.4, 0.5) is 0 Å². The Bertz CT molecular complexity index is 738. The first-order valence-electron chi connectivity index (χ1n) is 9.70. The van der Waals surface area contributed by atoms with E-state index >= 15 is 0 Å². The zero-order chi connectivity index (χ0) is 19.2. The average Bonchev–Trinajstić information content (AvgIpc) is 3.31. The minimum absolute atomic E-state index is 0.312. The summed E-state index contributed by atoms with van der Waals surface area (Å²) in [4.78, 5) is 2.45. The molecule has 1 atom stereocenters. The Hall–Kier alpha value is -2.05. The topological polar surface area (TPSA) is 48.8 Å². The molecule has 0 spiro atoms. The molecular formula is C21H31N3O3. The number of methoxy groups -OCH3 is 2. The van der Waals surface area contributed by atoms with Crippen molar-refractivity contribution >= 4 is 0 Å². The zero-order valence-corrected chi connectivity index (χ0v) is 16.9. The lowest BCUT2D eigenvalue weighted by Crippen LogP contribution is -2.31. The molecule has 1 aromatic heterocycles. The molecule has 2 heterocycles. The summed E-state index contributed by atoms with van der Waals surface area (Å²) in [6, 6.07) is 6.13. The number of nitrogens with zero attached hydrogens (tertiary/aromatic N) is 3. The Morgan fingerprint density at radius 3 is 2.67 bits per heavy atom. The van der Waals surface area contributed by atoms with Gasteiger partial charge in [-0.3, -0.25) is 9.58 Å². The van der Waals surface area contributed by atoms with Crippen molar-refractivity contribution in [1.82, 2.24) is 14.7 Å². The second-order valence-electron chi connectivity index (χ2n) is 7.06. The molecule has 3 rings (SSSR count). The fourth-order valence-corrected chi connectivity index (χ4v) is 3.70. The van der Waals surface area contributed by atoms with Crippen LogP contribution in [0.5, 0.6) is 11.5 Å². The molecular weight excluding hydrogens is 342 g/mol. The number of hydrogen-bond acceptors (Lipinski definition) is 5. The van der Waals surface area contributed by atoms with Crippen LogP contribution < -0.4 is 9.47 Å². The van der Waals surface area contributed by atoms with Crippen molar-refractivity contribution in [3.63, 3.8) is 0 Å². The Kier molecular flexibility index (Phi) is 6.74. The molecule has 0 N–H and O–H groups in total. The van der Waals surface area contributed by atoms with Gasteiger partial charge in [-0.15, -0.1) is 0 Å². The van der Waals surface area contributed by atoms with Gasteiger partial charge in [0.05, 0.1) is 26.5 Å². The third-order valence-electron chi connectivity index (χ3n) is 5.24. The van der Waals surface area contributed by atoms with Gasteiger partial charge < -0.3 is 14.2 Å². The lowest BCUT2D eigenvalue weighted by molar-refractivity contribution is 0.0678. The zero-order valence-electron chi connectivity index (χ0n) is 16.9. The SMILES string of the molecule is CCn1ncc(CN(Cc2ccc(OC)c(OC)c2)C[C@@H]2CCCO2)c1C. The van der Waals surface area contributed by atoms with Gasteiger partial charge in [-0.25, -0.2) is 0 Å². The number of aryl methyl sites for hydroxylation is 1. The van der Waals surface area contributed by atoms with E-state index in [0.29, 0.717) is 6.10 Å². The Balaban J connectivity index is 1.77. The van der Waals surface area contributed by atoms with Crippen LogP contribution in [0.1, 0.15) is 36.6 Å². The molecule has 0 bridgehead atoms. The summed E-state index contributed by atoms with van der Waals surface area (Å²) in [7, 11) is 3.34. The number of hydrogen-bond donors (Lipinski definition) is 0. The Morgan fingerprint density at radius 1 is 1.22 bits per heavy atom. The largest absolute Gasteiger partial charge is 0.493 e. The second-order valence-corrected chi connectivity index (χ2v) is 7.06. The van der Waals surface area contributed by atoms with Crippen molar-refractivity contribution in [3.8, 4) is 11.5 Å². The fourth-order valence-electron chi connectivity index (χ4n) is 3.70. The molecule has 6 heteroatoms. The van der Waals surface area contributed by atoms with Crippen molar-refractivity contribution in [2.75, 3.05) is 27.4 Å². The van der Waals surface area contributed by atoms with E-state index in [1.807, 2.05) is 12.3 Å². The first kappa shape index (κ1) is 19.7. The van der Waals surface area contributed by atoms with Crippen molar-refractivity contribution in [2.45, 2.75) is 52.4 Å². The first-order valence-corrected chi connectivity index (χ1v) is 9.70. The monoisotopic (exact) mass is 373 g/mol. The predicted octanol–water partition coefficient (Wildman–Crippen LogP) is 3.41. The van der Waals surface area contributed by atoms with Crippen molar-refractivity contribution in [2.24, 2.45) is 0 Å². The third kappa shape index (κ3) is 4.82. The first-order chi connectivity index (χ1) is 13.1. The highest BCUT2D eigenvalue weighted by Gasteiger charge is 2.21. The highest BCUT2D eigenvalue weighted by molar-refractivity contribution is 5.42. The number of benzene rings is 1. The summed E-state index contributed by atoms with van der Waals surface area (Å²) in [5, 5.41) is 4.50. The Labute approximate surface area is 162 Å². The summed E-state index contributed by atoms with van der Waals surface area (Å²) in [5.74, 6) is 1.52. The minimum atomic E-state index is 0.312. The molecule has 1 fully saturated rings. The van der Waals surface area contributed by atoms with Crippen LogP contribution in [0, 0.1) is 6.92 Å². The van der Waals surface area contributed by atoms with E-state index in [9.17, 15) is 0 Å². The maximum atomic E-state index is 5.89. The maximum Gasteiger partial charge on any atom is 0.161 e. The van der Waals surface area contributed by atoms with Crippen LogP contribution >= 0.6 is 0 Å². The molecule has 1 aliphatic rings. The van der Waals surface area contributed by atoms with E-state index < -0.39 is 0 Å². The van der Waals surface area contributed by atoms with Gasteiger partial charge in [-0.05, 0) is 44.4 Å². The molecule has 0 aliphatic carbocycles. The summed E-state index contributed by atoms with van der Waals surface area (Å²) in [6.45, 7) is 8.65. The van der Waals surface area contributed by atoms with Crippen LogP contribution in [0.3, 0.4) is 0 Å². The summed E-state index contributed by atoms with van der Waals surface area (Å²) < 4.78 is 18.8. The molecule has 0 saturated carbocycles.